The van der Waals surface area contributed by atoms with Crippen LogP contribution in [0.1, 0.15) is 16.7 Å². The molecule has 1 nitrogen and oxygen atoms in total. The van der Waals surface area contributed by atoms with Gasteiger partial charge in [0.1, 0.15) is 0 Å². The van der Waals surface area contributed by atoms with Gasteiger partial charge in [-0.15, -0.1) is 0 Å². The normalized spacial score (nSPS) is 12.6. The van der Waals surface area contributed by atoms with Gasteiger partial charge in [-0.1, -0.05) is 6.07 Å². The predicted octanol–water partition coefficient (Wildman–Crippen LogP) is 3.72. The molecule has 7 heteroatoms. The molecule has 0 atom stereocenters. The van der Waals surface area contributed by atoms with Crippen molar-refractivity contribution in [3.63, 3.8) is 0 Å². The number of nitrogens with one attached hydrogen (secondary N) is 1. The van der Waals surface area contributed by atoms with Crippen LogP contribution >= 0.6 is 0 Å². The zero-order valence-electron chi connectivity index (χ0n) is 7.58. The molecule has 0 fully saturated rings. The molecular weight excluding hydrogens is 236 g/mol. The van der Waals surface area contributed by atoms with Gasteiger partial charge in [-0.2, -0.15) is 26.3 Å². The van der Waals surface area contributed by atoms with Crippen molar-refractivity contribution in [1.82, 2.24) is 0 Å². The van der Waals surface area contributed by atoms with E-state index in [1.54, 1.807) is 0 Å². The number of rotatable bonds is 1. The SMILES string of the molecule is N=Cc1ccc(C(F)(F)F)cc1C(F)(F)F. The minimum Gasteiger partial charge on any atom is -0.308 e. The number of alkyl halides is 6. The van der Waals surface area contributed by atoms with E-state index in [9.17, 15) is 26.3 Å². The maximum atomic E-state index is 12.3. The van der Waals surface area contributed by atoms with Crippen molar-refractivity contribution in [2.75, 3.05) is 0 Å². The Hall–Kier alpha value is -1.53. The number of hydrogen-bond acceptors (Lipinski definition) is 1. The highest BCUT2D eigenvalue weighted by atomic mass is 19.4. The molecule has 0 aliphatic rings. The summed E-state index contributed by atoms with van der Waals surface area (Å²) in [5.74, 6) is 0. The summed E-state index contributed by atoms with van der Waals surface area (Å²) < 4.78 is 73.5. The Morgan fingerprint density at radius 3 is 1.88 bits per heavy atom. The van der Waals surface area contributed by atoms with Crippen molar-refractivity contribution in [2.24, 2.45) is 0 Å². The van der Waals surface area contributed by atoms with E-state index >= 15 is 0 Å². The van der Waals surface area contributed by atoms with E-state index in [2.05, 4.69) is 0 Å². The molecule has 1 aromatic rings. The highest BCUT2D eigenvalue weighted by Gasteiger charge is 2.37. The maximum absolute atomic E-state index is 12.3. The Morgan fingerprint density at radius 2 is 1.50 bits per heavy atom. The Morgan fingerprint density at radius 1 is 0.938 bits per heavy atom. The van der Waals surface area contributed by atoms with Gasteiger partial charge in [0.25, 0.3) is 0 Å². The number of hydrogen-bond donors (Lipinski definition) is 1. The van der Waals surface area contributed by atoms with Crippen LogP contribution in [0.5, 0.6) is 0 Å². The Balaban J connectivity index is 3.39. The fraction of sp³-hybridized carbons (Fsp3) is 0.222. The third-order valence-electron chi connectivity index (χ3n) is 1.84. The lowest BCUT2D eigenvalue weighted by atomic mass is 10.0. The highest BCUT2D eigenvalue weighted by Crippen LogP contribution is 2.36. The first-order valence-electron chi connectivity index (χ1n) is 3.95. The molecule has 0 unspecified atom stereocenters. The highest BCUT2D eigenvalue weighted by molar-refractivity contribution is 5.79. The van der Waals surface area contributed by atoms with Gasteiger partial charge in [-0.05, 0) is 12.1 Å². The molecule has 1 N–H and O–H groups in total. The third-order valence-corrected chi connectivity index (χ3v) is 1.84. The molecule has 88 valence electrons. The Bertz CT molecular complexity index is 403. The molecule has 0 heterocycles. The molecule has 0 aromatic heterocycles. The maximum Gasteiger partial charge on any atom is 0.417 e. The van der Waals surface area contributed by atoms with Crippen molar-refractivity contribution >= 4 is 6.21 Å². The molecule has 0 spiro atoms. The summed E-state index contributed by atoms with van der Waals surface area (Å²) in [6, 6.07) is 1.13. The molecule has 0 amide bonds. The second kappa shape index (κ2) is 3.80. The van der Waals surface area contributed by atoms with Gasteiger partial charge in [0.05, 0.1) is 11.1 Å². The molecule has 0 radical (unpaired) electrons. The van der Waals surface area contributed by atoms with Gasteiger partial charge in [-0.3, -0.25) is 0 Å². The van der Waals surface area contributed by atoms with Crippen molar-refractivity contribution < 1.29 is 26.3 Å². The summed E-state index contributed by atoms with van der Waals surface area (Å²) in [5, 5.41) is 6.68. The van der Waals surface area contributed by atoms with E-state index in [0.29, 0.717) is 18.3 Å². The topological polar surface area (TPSA) is 23.9 Å². The molecule has 0 saturated heterocycles. The summed E-state index contributed by atoms with van der Waals surface area (Å²) in [4.78, 5) is 0. The minimum absolute atomic E-state index is 0.000370. The van der Waals surface area contributed by atoms with Gasteiger partial charge < -0.3 is 5.41 Å². The van der Waals surface area contributed by atoms with Crippen molar-refractivity contribution in [2.45, 2.75) is 12.4 Å². The van der Waals surface area contributed by atoms with Gasteiger partial charge in [0.15, 0.2) is 0 Å². The predicted molar refractivity (Wildman–Crippen MR) is 44.3 cm³/mol. The van der Waals surface area contributed by atoms with Gasteiger partial charge >= 0.3 is 12.4 Å². The smallest absolute Gasteiger partial charge is 0.308 e. The summed E-state index contributed by atoms with van der Waals surface area (Å²) in [5.41, 5.74) is -3.44. The van der Waals surface area contributed by atoms with Gasteiger partial charge in [0.2, 0.25) is 0 Å². The van der Waals surface area contributed by atoms with Crippen molar-refractivity contribution in [3.05, 3.63) is 34.9 Å². The van der Waals surface area contributed by atoms with Crippen LogP contribution in [0.25, 0.3) is 0 Å². The summed E-state index contributed by atoms with van der Waals surface area (Å²) in [7, 11) is 0. The lowest BCUT2D eigenvalue weighted by molar-refractivity contribution is -0.143. The number of halogens is 6. The van der Waals surface area contributed by atoms with Crippen LogP contribution < -0.4 is 0 Å². The molecule has 0 aliphatic carbocycles. The largest absolute Gasteiger partial charge is 0.417 e. The van der Waals surface area contributed by atoms with Crippen molar-refractivity contribution in [3.8, 4) is 0 Å². The summed E-state index contributed by atoms with van der Waals surface area (Å²) in [6.07, 6.45) is -9.38. The molecule has 0 bridgehead atoms. The Labute approximate surface area is 86.2 Å². The lowest BCUT2D eigenvalue weighted by Crippen LogP contribution is -2.13. The van der Waals surface area contributed by atoms with E-state index < -0.39 is 29.0 Å². The molecule has 1 aromatic carbocycles. The fourth-order valence-electron chi connectivity index (χ4n) is 1.10. The van der Waals surface area contributed by atoms with E-state index in [4.69, 9.17) is 5.41 Å². The first kappa shape index (κ1) is 12.5. The van der Waals surface area contributed by atoms with Crippen LogP contribution in [0.15, 0.2) is 18.2 Å². The van der Waals surface area contributed by atoms with E-state index in [1.165, 1.54) is 0 Å². The van der Waals surface area contributed by atoms with Crippen LogP contribution in [0.3, 0.4) is 0 Å². The first-order chi connectivity index (χ1) is 7.16. The van der Waals surface area contributed by atoms with E-state index in [0.717, 1.165) is 0 Å². The first-order valence-corrected chi connectivity index (χ1v) is 3.95. The monoisotopic (exact) mass is 241 g/mol. The average molecular weight is 241 g/mol. The fourth-order valence-corrected chi connectivity index (χ4v) is 1.10. The zero-order valence-corrected chi connectivity index (χ0v) is 7.58. The molecular formula is C9H5F6N. The molecule has 1 rings (SSSR count). The summed E-state index contributed by atoms with van der Waals surface area (Å²) >= 11 is 0. The average Bonchev–Trinajstić information content (AvgIpc) is 2.14. The van der Waals surface area contributed by atoms with Crippen LogP contribution in [-0.4, -0.2) is 6.21 Å². The van der Waals surface area contributed by atoms with E-state index in [-0.39, 0.29) is 6.07 Å². The van der Waals surface area contributed by atoms with Gasteiger partial charge in [0, 0.05) is 11.8 Å². The molecule has 0 saturated carbocycles. The van der Waals surface area contributed by atoms with Crippen LogP contribution in [0.4, 0.5) is 26.3 Å². The van der Waals surface area contributed by atoms with Crippen molar-refractivity contribution in [1.29, 1.82) is 5.41 Å². The minimum atomic E-state index is -4.91. The standard InChI is InChI=1S/C9H5F6N/c10-8(11,12)6-2-1-5(4-16)7(3-6)9(13,14)15/h1-4,16H. The Kier molecular flexibility index (Phi) is 2.98. The van der Waals surface area contributed by atoms with Crippen LogP contribution in [0, 0.1) is 5.41 Å². The second-order valence-electron chi connectivity index (χ2n) is 2.94. The quantitative estimate of drug-likeness (QED) is 0.572. The second-order valence-corrected chi connectivity index (χ2v) is 2.94. The van der Waals surface area contributed by atoms with E-state index in [1.807, 2.05) is 0 Å². The lowest BCUT2D eigenvalue weighted by Gasteiger charge is -2.13. The molecule has 16 heavy (non-hydrogen) atoms. The van der Waals surface area contributed by atoms with Crippen LogP contribution in [0.2, 0.25) is 0 Å². The van der Waals surface area contributed by atoms with Gasteiger partial charge in [-0.25, -0.2) is 0 Å². The van der Waals surface area contributed by atoms with Crippen LogP contribution in [-0.2, 0) is 12.4 Å². The summed E-state index contributed by atoms with van der Waals surface area (Å²) in [6.45, 7) is 0. The molecule has 0 aliphatic heterocycles. The zero-order chi connectivity index (χ0) is 12.6. The third kappa shape index (κ3) is 2.53. The number of benzene rings is 1.